The largest absolute Gasteiger partial charge is 0.380 e. The first kappa shape index (κ1) is 10.2. The van der Waals surface area contributed by atoms with Crippen LogP contribution in [0.4, 0.5) is 0 Å². The molecule has 0 saturated carbocycles. The molecule has 0 radical (unpaired) electrons. The number of nitrogens with one attached hydrogen (secondary N) is 1. The van der Waals surface area contributed by atoms with Gasteiger partial charge in [-0.25, -0.2) is 0 Å². The molecule has 0 fully saturated rings. The van der Waals surface area contributed by atoms with E-state index < -0.39 is 0 Å². The quantitative estimate of drug-likeness (QED) is 0.509. The highest BCUT2D eigenvalue weighted by Crippen LogP contribution is 2.16. The lowest BCUT2D eigenvalue weighted by atomic mass is 10.1. The summed E-state index contributed by atoms with van der Waals surface area (Å²) in [5, 5.41) is 4.07. The molecule has 2 unspecified atom stereocenters. The van der Waals surface area contributed by atoms with Crippen molar-refractivity contribution in [1.82, 2.24) is 15.2 Å². The third kappa shape index (κ3) is 2.27. The van der Waals surface area contributed by atoms with Crippen LogP contribution in [0.5, 0.6) is 0 Å². The Kier molecular flexibility index (Phi) is 3.41. The lowest BCUT2D eigenvalue weighted by Crippen LogP contribution is -2.35. The number of hydrogen-bond donors (Lipinski definition) is 2. The molecular formula is C8H16N4O. The van der Waals surface area contributed by atoms with Crippen LogP contribution < -0.4 is 11.3 Å². The van der Waals surface area contributed by atoms with E-state index in [-0.39, 0.29) is 12.1 Å². The van der Waals surface area contributed by atoms with Crippen LogP contribution in [0.2, 0.25) is 0 Å². The van der Waals surface area contributed by atoms with E-state index in [0.717, 1.165) is 5.56 Å². The first-order valence-electron chi connectivity index (χ1n) is 4.16. The minimum atomic E-state index is -0.0151. The molecule has 13 heavy (non-hydrogen) atoms. The molecule has 1 aromatic rings. The number of ether oxygens (including phenoxy) is 1. The number of aromatic nitrogens is 2. The maximum absolute atomic E-state index is 5.42. The number of aryl methyl sites for hydroxylation is 1. The fourth-order valence-corrected chi connectivity index (χ4v) is 1.24. The topological polar surface area (TPSA) is 65.1 Å². The van der Waals surface area contributed by atoms with Gasteiger partial charge in [0.05, 0.1) is 18.3 Å². The lowest BCUT2D eigenvalue weighted by molar-refractivity contribution is 0.0830. The van der Waals surface area contributed by atoms with Crippen molar-refractivity contribution in [2.24, 2.45) is 12.9 Å². The zero-order chi connectivity index (χ0) is 9.84. The number of rotatable bonds is 4. The highest BCUT2D eigenvalue weighted by molar-refractivity contribution is 5.11. The van der Waals surface area contributed by atoms with Crippen LogP contribution in [0.15, 0.2) is 12.4 Å². The van der Waals surface area contributed by atoms with Gasteiger partial charge in [-0.15, -0.1) is 0 Å². The molecule has 5 nitrogen and oxygen atoms in total. The molecule has 0 aliphatic rings. The smallest absolute Gasteiger partial charge is 0.0752 e. The summed E-state index contributed by atoms with van der Waals surface area (Å²) >= 11 is 0. The van der Waals surface area contributed by atoms with Crippen molar-refractivity contribution in [2.75, 3.05) is 7.11 Å². The van der Waals surface area contributed by atoms with Crippen molar-refractivity contribution in [3.63, 3.8) is 0 Å². The molecule has 0 saturated heterocycles. The van der Waals surface area contributed by atoms with E-state index in [9.17, 15) is 0 Å². The highest BCUT2D eigenvalue weighted by Gasteiger charge is 2.18. The molecular weight excluding hydrogens is 168 g/mol. The van der Waals surface area contributed by atoms with Crippen LogP contribution in [-0.2, 0) is 11.8 Å². The summed E-state index contributed by atoms with van der Waals surface area (Å²) in [6, 6.07) is -0.0151. The first-order valence-corrected chi connectivity index (χ1v) is 4.16. The second-order valence-electron chi connectivity index (χ2n) is 3.03. The van der Waals surface area contributed by atoms with Gasteiger partial charge < -0.3 is 4.74 Å². The summed E-state index contributed by atoms with van der Waals surface area (Å²) in [5.74, 6) is 5.42. The second kappa shape index (κ2) is 4.36. The standard InChI is InChI=1S/C8H16N4O/c1-6(13-3)8(11-9)7-4-10-12(2)5-7/h4-6,8,11H,9H2,1-3H3. The van der Waals surface area contributed by atoms with Gasteiger partial charge in [0.1, 0.15) is 0 Å². The van der Waals surface area contributed by atoms with Gasteiger partial charge in [0.15, 0.2) is 0 Å². The van der Waals surface area contributed by atoms with E-state index in [0.29, 0.717) is 0 Å². The van der Waals surface area contributed by atoms with Gasteiger partial charge >= 0.3 is 0 Å². The summed E-state index contributed by atoms with van der Waals surface area (Å²) < 4.78 is 6.93. The summed E-state index contributed by atoms with van der Waals surface area (Å²) in [5.41, 5.74) is 3.73. The van der Waals surface area contributed by atoms with Crippen molar-refractivity contribution in [3.05, 3.63) is 18.0 Å². The number of methoxy groups -OCH3 is 1. The molecule has 1 rings (SSSR count). The van der Waals surface area contributed by atoms with Crippen molar-refractivity contribution in [1.29, 1.82) is 0 Å². The van der Waals surface area contributed by atoms with Crippen molar-refractivity contribution in [3.8, 4) is 0 Å². The highest BCUT2D eigenvalue weighted by atomic mass is 16.5. The van der Waals surface area contributed by atoms with Crippen LogP contribution in [0.1, 0.15) is 18.5 Å². The number of nitrogens with zero attached hydrogens (tertiary/aromatic N) is 2. The zero-order valence-corrected chi connectivity index (χ0v) is 8.19. The summed E-state index contributed by atoms with van der Waals surface area (Å²) in [7, 11) is 3.53. The van der Waals surface area contributed by atoms with Gasteiger partial charge in [-0.2, -0.15) is 5.10 Å². The van der Waals surface area contributed by atoms with E-state index in [1.54, 1.807) is 18.0 Å². The van der Waals surface area contributed by atoms with Crippen LogP contribution in [-0.4, -0.2) is 23.0 Å². The van der Waals surface area contributed by atoms with Gasteiger partial charge in [0, 0.05) is 25.9 Å². The van der Waals surface area contributed by atoms with Crippen LogP contribution in [0, 0.1) is 0 Å². The third-order valence-electron chi connectivity index (χ3n) is 2.10. The molecule has 0 bridgehead atoms. The third-order valence-corrected chi connectivity index (χ3v) is 2.10. The van der Waals surface area contributed by atoms with Crippen LogP contribution >= 0.6 is 0 Å². The molecule has 5 heteroatoms. The zero-order valence-electron chi connectivity index (χ0n) is 8.19. The minimum absolute atomic E-state index is 0.0151. The van der Waals surface area contributed by atoms with Crippen molar-refractivity contribution >= 4 is 0 Å². The molecule has 3 N–H and O–H groups in total. The minimum Gasteiger partial charge on any atom is -0.380 e. The Hall–Kier alpha value is -0.910. The summed E-state index contributed by atoms with van der Waals surface area (Å²) in [4.78, 5) is 0. The molecule has 0 aliphatic heterocycles. The van der Waals surface area contributed by atoms with E-state index in [2.05, 4.69) is 10.5 Å². The van der Waals surface area contributed by atoms with Crippen molar-refractivity contribution in [2.45, 2.75) is 19.1 Å². The molecule has 2 atom stereocenters. The molecule has 1 aromatic heterocycles. The molecule has 0 aromatic carbocycles. The fraction of sp³-hybridized carbons (Fsp3) is 0.625. The summed E-state index contributed by atoms with van der Waals surface area (Å²) in [6.45, 7) is 1.96. The normalized spacial score (nSPS) is 15.7. The van der Waals surface area contributed by atoms with E-state index in [1.807, 2.05) is 20.2 Å². The summed E-state index contributed by atoms with van der Waals surface area (Å²) in [6.07, 6.45) is 3.72. The Labute approximate surface area is 77.8 Å². The molecule has 0 spiro atoms. The van der Waals surface area contributed by atoms with E-state index in [4.69, 9.17) is 10.6 Å². The first-order chi connectivity index (χ1) is 6.19. The fourth-order valence-electron chi connectivity index (χ4n) is 1.24. The SMILES string of the molecule is COC(C)C(NN)c1cnn(C)c1. The predicted molar refractivity (Wildman–Crippen MR) is 49.7 cm³/mol. The molecule has 0 amide bonds. The Balaban J connectivity index is 2.77. The predicted octanol–water partition coefficient (Wildman–Crippen LogP) is -0.0406. The average Bonchev–Trinajstić information content (AvgIpc) is 2.53. The second-order valence-corrected chi connectivity index (χ2v) is 3.03. The van der Waals surface area contributed by atoms with E-state index in [1.165, 1.54) is 0 Å². The molecule has 1 heterocycles. The lowest BCUT2D eigenvalue weighted by Gasteiger charge is -2.20. The Morgan fingerprint density at radius 1 is 1.69 bits per heavy atom. The molecule has 0 aliphatic carbocycles. The maximum Gasteiger partial charge on any atom is 0.0752 e. The van der Waals surface area contributed by atoms with Crippen LogP contribution in [0.3, 0.4) is 0 Å². The molecule has 74 valence electrons. The monoisotopic (exact) mass is 184 g/mol. The van der Waals surface area contributed by atoms with Gasteiger partial charge in [-0.3, -0.25) is 16.0 Å². The van der Waals surface area contributed by atoms with Gasteiger partial charge in [-0.1, -0.05) is 0 Å². The Bertz CT molecular complexity index is 260. The van der Waals surface area contributed by atoms with Gasteiger partial charge in [0.25, 0.3) is 0 Å². The number of hydrogen-bond acceptors (Lipinski definition) is 4. The van der Waals surface area contributed by atoms with Gasteiger partial charge in [0.2, 0.25) is 0 Å². The van der Waals surface area contributed by atoms with Crippen LogP contribution in [0.25, 0.3) is 0 Å². The average molecular weight is 184 g/mol. The number of nitrogens with two attached hydrogens (primary N) is 1. The number of hydrazine groups is 1. The van der Waals surface area contributed by atoms with Crippen molar-refractivity contribution < 1.29 is 4.74 Å². The maximum atomic E-state index is 5.42. The van der Waals surface area contributed by atoms with E-state index >= 15 is 0 Å². The Morgan fingerprint density at radius 3 is 2.77 bits per heavy atom. The Morgan fingerprint density at radius 2 is 2.38 bits per heavy atom. The van der Waals surface area contributed by atoms with Gasteiger partial charge in [-0.05, 0) is 6.92 Å².